The number of ether oxygens (including phenoxy) is 1. The van der Waals surface area contributed by atoms with E-state index in [1.54, 1.807) is 0 Å². The highest BCUT2D eigenvalue weighted by atomic mass is 16.6. The second kappa shape index (κ2) is 3.91. The van der Waals surface area contributed by atoms with Crippen LogP contribution >= 0.6 is 0 Å². The number of hydrogen-bond acceptors (Lipinski definition) is 4. The van der Waals surface area contributed by atoms with Crippen molar-refractivity contribution in [1.82, 2.24) is 10.2 Å². The van der Waals surface area contributed by atoms with E-state index in [4.69, 9.17) is 6.42 Å². The quantitative estimate of drug-likeness (QED) is 0.372. The van der Waals surface area contributed by atoms with Crippen molar-refractivity contribution in [3.63, 3.8) is 0 Å². The van der Waals surface area contributed by atoms with Gasteiger partial charge in [-0.2, -0.15) is 0 Å². The van der Waals surface area contributed by atoms with Crippen LogP contribution in [-0.4, -0.2) is 36.2 Å². The molecule has 2 saturated heterocycles. The molecule has 2 aliphatic heterocycles. The van der Waals surface area contributed by atoms with Crippen LogP contribution < -0.4 is 5.32 Å². The Morgan fingerprint density at radius 3 is 3.13 bits per heavy atom. The topological polar surface area (TPSA) is 58.6 Å². The zero-order chi connectivity index (χ0) is 10.8. The number of piperidine rings is 1. The third kappa shape index (κ3) is 1.68. The number of cyclic esters (lactones) is 2. The van der Waals surface area contributed by atoms with Crippen molar-refractivity contribution < 1.29 is 14.3 Å². The van der Waals surface area contributed by atoms with Crippen molar-refractivity contribution in [1.29, 1.82) is 0 Å². The van der Waals surface area contributed by atoms with Crippen molar-refractivity contribution in [2.45, 2.75) is 19.0 Å². The minimum Gasteiger partial charge on any atom is -0.376 e. The summed E-state index contributed by atoms with van der Waals surface area (Å²) in [5.74, 6) is 1.68. The second-order valence-electron chi connectivity index (χ2n) is 3.67. The predicted molar refractivity (Wildman–Crippen MR) is 51.5 cm³/mol. The Hall–Kier alpha value is -1.54. The molecular formula is C10H12N2O3. The maximum atomic E-state index is 11.4. The molecular weight excluding hydrogens is 196 g/mol. The van der Waals surface area contributed by atoms with E-state index in [2.05, 4.69) is 16.0 Å². The number of carbonyl (C=O) groups is 2. The van der Waals surface area contributed by atoms with Gasteiger partial charge < -0.3 is 4.74 Å². The van der Waals surface area contributed by atoms with E-state index in [9.17, 15) is 9.59 Å². The molecule has 1 amide bonds. The zero-order valence-corrected chi connectivity index (χ0v) is 8.23. The fraction of sp³-hybridized carbons (Fsp3) is 0.600. The summed E-state index contributed by atoms with van der Waals surface area (Å²) < 4.78 is 4.63. The number of nitrogens with one attached hydrogen (secondary N) is 1. The summed E-state index contributed by atoms with van der Waals surface area (Å²) in [6.07, 6.45) is 5.88. The third-order valence-electron chi connectivity index (χ3n) is 2.75. The largest absolute Gasteiger partial charge is 0.419 e. The molecule has 2 aliphatic rings. The summed E-state index contributed by atoms with van der Waals surface area (Å²) in [5.41, 5.74) is 0. The Bertz CT molecular complexity index is 334. The molecule has 2 fully saturated rings. The molecule has 2 heterocycles. The van der Waals surface area contributed by atoms with Gasteiger partial charge in [0.15, 0.2) is 0 Å². The molecule has 15 heavy (non-hydrogen) atoms. The van der Waals surface area contributed by atoms with Gasteiger partial charge in [0.2, 0.25) is 0 Å². The average Bonchev–Trinajstić information content (AvgIpc) is 2.24. The minimum absolute atomic E-state index is 0.167. The molecule has 1 N–H and O–H groups in total. The van der Waals surface area contributed by atoms with Crippen molar-refractivity contribution >= 4 is 12.1 Å². The van der Waals surface area contributed by atoms with Crippen LogP contribution in [0.2, 0.25) is 0 Å². The van der Waals surface area contributed by atoms with Gasteiger partial charge in [-0.3, -0.25) is 15.0 Å². The number of hydrogen-bond donors (Lipinski definition) is 1. The summed E-state index contributed by atoms with van der Waals surface area (Å²) in [7, 11) is 0. The maximum absolute atomic E-state index is 11.4. The lowest BCUT2D eigenvalue weighted by molar-refractivity contribution is -0.153. The van der Waals surface area contributed by atoms with Gasteiger partial charge in [0.25, 0.3) is 0 Å². The molecule has 2 unspecified atom stereocenters. The van der Waals surface area contributed by atoms with Crippen molar-refractivity contribution in [2.24, 2.45) is 5.92 Å². The highest BCUT2D eigenvalue weighted by Gasteiger charge is 2.43. The van der Waals surface area contributed by atoms with Gasteiger partial charge in [-0.25, -0.2) is 4.79 Å². The van der Waals surface area contributed by atoms with Gasteiger partial charge in [0.05, 0.1) is 12.5 Å². The first-order valence-corrected chi connectivity index (χ1v) is 4.93. The van der Waals surface area contributed by atoms with Crippen LogP contribution in [0.15, 0.2) is 0 Å². The first kappa shape index (κ1) is 9.99. The molecule has 0 saturated carbocycles. The molecule has 0 aromatic carbocycles. The van der Waals surface area contributed by atoms with Gasteiger partial charge >= 0.3 is 12.1 Å². The minimum atomic E-state index is -0.645. The highest BCUT2D eigenvalue weighted by molar-refractivity contribution is 5.89. The lowest BCUT2D eigenvalue weighted by Crippen LogP contribution is -2.61. The fourth-order valence-corrected chi connectivity index (χ4v) is 2.04. The smallest absolute Gasteiger partial charge is 0.376 e. The molecule has 2 rings (SSSR count). The monoisotopic (exact) mass is 208 g/mol. The van der Waals surface area contributed by atoms with Crippen LogP contribution in [0, 0.1) is 18.3 Å². The van der Waals surface area contributed by atoms with E-state index < -0.39 is 12.1 Å². The molecule has 0 aliphatic carbocycles. The Morgan fingerprint density at radius 2 is 2.40 bits per heavy atom. The summed E-state index contributed by atoms with van der Waals surface area (Å²) in [6.45, 7) is 0.961. The molecule has 2 atom stereocenters. The number of esters is 1. The van der Waals surface area contributed by atoms with Crippen LogP contribution in [0.1, 0.15) is 12.8 Å². The third-order valence-corrected chi connectivity index (χ3v) is 2.75. The molecule has 5 nitrogen and oxygen atoms in total. The maximum Gasteiger partial charge on any atom is 0.419 e. The van der Waals surface area contributed by atoms with Crippen molar-refractivity contribution in [3.05, 3.63) is 0 Å². The van der Waals surface area contributed by atoms with Gasteiger partial charge in [-0.05, 0) is 19.4 Å². The Labute approximate surface area is 87.8 Å². The molecule has 0 radical (unpaired) electrons. The number of fused-ring (bicyclic) bond motifs is 1. The first-order chi connectivity index (χ1) is 7.24. The zero-order valence-electron chi connectivity index (χ0n) is 8.23. The Balaban J connectivity index is 2.20. The van der Waals surface area contributed by atoms with Gasteiger partial charge in [0, 0.05) is 0 Å². The lowest BCUT2D eigenvalue weighted by Gasteiger charge is -2.41. The lowest BCUT2D eigenvalue weighted by atomic mass is 9.94. The van der Waals surface area contributed by atoms with Crippen LogP contribution in [0.3, 0.4) is 0 Å². The van der Waals surface area contributed by atoms with E-state index in [1.807, 2.05) is 0 Å². The van der Waals surface area contributed by atoms with Gasteiger partial charge in [-0.15, -0.1) is 6.42 Å². The summed E-state index contributed by atoms with van der Waals surface area (Å²) in [5, 5.41) is 3.13. The van der Waals surface area contributed by atoms with Crippen LogP contribution in [0.25, 0.3) is 0 Å². The first-order valence-electron chi connectivity index (χ1n) is 4.93. The van der Waals surface area contributed by atoms with Crippen molar-refractivity contribution in [3.8, 4) is 12.3 Å². The number of nitrogens with zero attached hydrogens (tertiary/aromatic N) is 1. The molecule has 5 heteroatoms. The van der Waals surface area contributed by atoms with Crippen molar-refractivity contribution in [2.75, 3.05) is 13.1 Å². The van der Waals surface area contributed by atoms with Crippen LogP contribution in [-0.2, 0) is 9.53 Å². The van der Waals surface area contributed by atoms with E-state index in [0.717, 1.165) is 19.4 Å². The van der Waals surface area contributed by atoms with E-state index >= 15 is 0 Å². The molecule has 0 spiro atoms. The number of rotatable bonds is 1. The van der Waals surface area contributed by atoms with Crippen LogP contribution in [0.5, 0.6) is 0 Å². The highest BCUT2D eigenvalue weighted by Crippen LogP contribution is 2.25. The summed E-state index contributed by atoms with van der Waals surface area (Å²) >= 11 is 0. The van der Waals surface area contributed by atoms with Crippen LogP contribution in [0.4, 0.5) is 4.79 Å². The molecule has 0 aromatic rings. The van der Waals surface area contributed by atoms with E-state index in [1.165, 1.54) is 4.90 Å². The predicted octanol–water partition coefficient (Wildman–Crippen LogP) is -0.0759. The summed E-state index contributed by atoms with van der Waals surface area (Å²) in [6, 6.07) is 0. The Kier molecular flexibility index (Phi) is 2.60. The normalized spacial score (nSPS) is 30.5. The van der Waals surface area contributed by atoms with Gasteiger partial charge in [0.1, 0.15) is 6.17 Å². The average molecular weight is 208 g/mol. The SMILES string of the molecule is C#CCN1C(=O)OC(=O)C2CCCNC21. The number of carbonyl (C=O) groups excluding carboxylic acids is 2. The molecule has 0 bridgehead atoms. The van der Waals surface area contributed by atoms with Gasteiger partial charge in [-0.1, -0.05) is 5.92 Å². The number of terminal acetylenes is 1. The fourth-order valence-electron chi connectivity index (χ4n) is 2.04. The van der Waals surface area contributed by atoms with E-state index in [0.29, 0.717) is 0 Å². The Morgan fingerprint density at radius 1 is 1.60 bits per heavy atom. The summed E-state index contributed by atoms with van der Waals surface area (Å²) in [4.78, 5) is 24.2. The molecule has 80 valence electrons. The molecule has 0 aromatic heterocycles. The van der Waals surface area contributed by atoms with E-state index in [-0.39, 0.29) is 18.6 Å². The number of amides is 1. The second-order valence-corrected chi connectivity index (χ2v) is 3.67. The standard InChI is InChI=1S/C10H12N2O3/c1-2-6-12-8-7(4-3-5-11-8)9(13)15-10(12)14/h1,7-8,11H,3-6H2.